The predicted molar refractivity (Wildman–Crippen MR) is 211 cm³/mol. The molecule has 0 aliphatic rings. The van der Waals surface area contributed by atoms with Crippen molar-refractivity contribution in [1.82, 2.24) is 9.13 Å². The molecule has 3 heteroatoms. The molecular weight excluding hydrogens is 613 g/mol. The number of fused-ring (bicyclic) bond motifs is 11. The molecule has 2 nitrogen and oxygen atoms in total. The average molecular weight is 641 g/mol. The van der Waals surface area contributed by atoms with E-state index >= 15 is 0 Å². The number of nitrogens with zero attached hydrogens (tertiary/aromatic N) is 2. The quantitative estimate of drug-likeness (QED) is 0.182. The maximum atomic E-state index is 2.49. The molecule has 0 bridgehead atoms. The van der Waals surface area contributed by atoms with Gasteiger partial charge in [0.1, 0.15) is 0 Å². The van der Waals surface area contributed by atoms with E-state index in [1.807, 2.05) is 11.3 Å². The van der Waals surface area contributed by atoms with Crippen LogP contribution in [0.1, 0.15) is 0 Å². The first-order valence-corrected chi connectivity index (χ1v) is 17.6. The summed E-state index contributed by atoms with van der Waals surface area (Å²) in [4.78, 5) is 0. The second kappa shape index (κ2) is 10.2. The summed E-state index contributed by atoms with van der Waals surface area (Å²) in [6, 6.07) is 62.4. The van der Waals surface area contributed by atoms with E-state index in [-0.39, 0.29) is 0 Å². The molecule has 0 aliphatic carbocycles. The molecule has 0 spiro atoms. The van der Waals surface area contributed by atoms with Crippen molar-refractivity contribution in [1.29, 1.82) is 0 Å². The smallest absolute Gasteiger partial charge is 0.0556 e. The van der Waals surface area contributed by atoms with Crippen molar-refractivity contribution in [3.8, 4) is 22.5 Å². The molecule has 228 valence electrons. The summed E-state index contributed by atoms with van der Waals surface area (Å²) in [6.07, 6.45) is 0. The molecule has 49 heavy (non-hydrogen) atoms. The van der Waals surface area contributed by atoms with Gasteiger partial charge in [0.05, 0.1) is 27.8 Å². The second-order valence-corrected chi connectivity index (χ2v) is 14.0. The lowest BCUT2D eigenvalue weighted by molar-refractivity contribution is 1.17. The minimum Gasteiger partial charge on any atom is -0.309 e. The molecule has 0 radical (unpaired) electrons. The molecule has 0 saturated carbocycles. The molecule has 0 atom stereocenters. The lowest BCUT2D eigenvalue weighted by Gasteiger charge is -2.12. The fourth-order valence-electron chi connectivity index (χ4n) is 8.14. The number of hydrogen-bond acceptors (Lipinski definition) is 1. The lowest BCUT2D eigenvalue weighted by Crippen LogP contribution is -1.96. The minimum absolute atomic E-state index is 1.17. The van der Waals surface area contributed by atoms with E-state index in [4.69, 9.17) is 0 Å². The Bertz CT molecular complexity index is 3040. The van der Waals surface area contributed by atoms with Crippen LogP contribution in [-0.4, -0.2) is 9.13 Å². The SMILES string of the molecule is c1ccc(-c2ccc3sc4c(ccc5c4c4cc(-n6c7ccccc7c7ccccc76)ccc4n5-c4cccc5ccccc45)c3c2)cc1. The Morgan fingerprint density at radius 3 is 1.86 bits per heavy atom. The number of rotatable bonds is 3. The third-order valence-electron chi connectivity index (χ3n) is 10.3. The van der Waals surface area contributed by atoms with E-state index in [9.17, 15) is 0 Å². The van der Waals surface area contributed by atoms with Gasteiger partial charge in [-0.05, 0) is 71.1 Å². The zero-order valence-electron chi connectivity index (χ0n) is 26.5. The van der Waals surface area contributed by atoms with Crippen LogP contribution >= 0.6 is 11.3 Å². The Kier molecular flexibility index (Phi) is 5.57. The van der Waals surface area contributed by atoms with Crippen LogP contribution in [0.5, 0.6) is 0 Å². The zero-order valence-corrected chi connectivity index (χ0v) is 27.3. The summed E-state index contributed by atoms with van der Waals surface area (Å²) < 4.78 is 7.57. The first-order chi connectivity index (χ1) is 24.3. The van der Waals surface area contributed by atoms with Crippen molar-refractivity contribution >= 4 is 85.9 Å². The third-order valence-corrected chi connectivity index (χ3v) is 11.5. The summed E-state index contributed by atoms with van der Waals surface area (Å²) in [5.74, 6) is 0. The predicted octanol–water partition coefficient (Wildman–Crippen LogP) is 13.1. The van der Waals surface area contributed by atoms with Gasteiger partial charge >= 0.3 is 0 Å². The monoisotopic (exact) mass is 640 g/mol. The zero-order chi connectivity index (χ0) is 32.1. The van der Waals surface area contributed by atoms with Gasteiger partial charge in [-0.3, -0.25) is 0 Å². The van der Waals surface area contributed by atoms with Crippen molar-refractivity contribution < 1.29 is 0 Å². The number of thiophene rings is 1. The summed E-state index contributed by atoms with van der Waals surface area (Å²) in [5, 5.41) is 10.2. The standard InChI is InChI=1S/C46H28N2S/c1-2-11-29(12-3-1)31-21-26-44-37(27-31)36-23-25-43-45(46(36)49-44)38-28-32(47-40-18-8-6-16-34(40)35-17-7-9-19-41(35)47)22-24-42(38)48(43)39-20-10-14-30-13-4-5-15-33(30)39/h1-28H. The van der Waals surface area contributed by atoms with Crippen LogP contribution in [0.4, 0.5) is 0 Å². The van der Waals surface area contributed by atoms with Gasteiger partial charge in [-0.1, -0.05) is 115 Å². The van der Waals surface area contributed by atoms with E-state index in [0.717, 1.165) is 0 Å². The molecule has 11 rings (SSSR count). The fraction of sp³-hybridized carbons (Fsp3) is 0. The van der Waals surface area contributed by atoms with Crippen molar-refractivity contribution in [2.45, 2.75) is 0 Å². The average Bonchev–Trinajstić information content (AvgIpc) is 3.82. The van der Waals surface area contributed by atoms with E-state index in [2.05, 4.69) is 179 Å². The van der Waals surface area contributed by atoms with Crippen molar-refractivity contribution in [2.75, 3.05) is 0 Å². The van der Waals surface area contributed by atoms with Gasteiger partial charge < -0.3 is 9.13 Å². The Hall–Kier alpha value is -6.16. The van der Waals surface area contributed by atoms with E-state index in [1.165, 1.54) is 97.1 Å². The van der Waals surface area contributed by atoms with Gasteiger partial charge in [-0.25, -0.2) is 0 Å². The highest BCUT2D eigenvalue weighted by Crippen LogP contribution is 2.45. The van der Waals surface area contributed by atoms with Crippen LogP contribution in [-0.2, 0) is 0 Å². The topological polar surface area (TPSA) is 9.86 Å². The van der Waals surface area contributed by atoms with E-state index < -0.39 is 0 Å². The lowest BCUT2D eigenvalue weighted by atomic mass is 10.0. The summed E-state index contributed by atoms with van der Waals surface area (Å²) >= 11 is 1.91. The highest BCUT2D eigenvalue weighted by molar-refractivity contribution is 7.26. The van der Waals surface area contributed by atoms with Crippen LogP contribution in [0.25, 0.3) is 97.1 Å². The highest BCUT2D eigenvalue weighted by atomic mass is 32.1. The molecular formula is C46H28N2S. The summed E-state index contributed by atoms with van der Waals surface area (Å²) in [5.41, 5.74) is 9.76. The molecule has 3 aromatic heterocycles. The third kappa shape index (κ3) is 3.82. The molecule has 0 fully saturated rings. The Morgan fingerprint density at radius 1 is 0.367 bits per heavy atom. The summed E-state index contributed by atoms with van der Waals surface area (Å²) in [7, 11) is 0. The Morgan fingerprint density at radius 2 is 1.04 bits per heavy atom. The van der Waals surface area contributed by atoms with Crippen LogP contribution in [0, 0.1) is 0 Å². The van der Waals surface area contributed by atoms with Crippen LogP contribution in [0.2, 0.25) is 0 Å². The highest BCUT2D eigenvalue weighted by Gasteiger charge is 2.20. The number of aromatic nitrogens is 2. The van der Waals surface area contributed by atoms with Gasteiger partial charge in [-0.2, -0.15) is 0 Å². The first kappa shape index (κ1) is 26.9. The second-order valence-electron chi connectivity index (χ2n) is 12.9. The number of hydrogen-bond donors (Lipinski definition) is 0. The molecule has 0 N–H and O–H groups in total. The molecule has 0 aliphatic heterocycles. The first-order valence-electron chi connectivity index (χ1n) is 16.8. The van der Waals surface area contributed by atoms with Gasteiger partial charge in [0, 0.05) is 52.8 Å². The van der Waals surface area contributed by atoms with Gasteiger partial charge in [-0.15, -0.1) is 11.3 Å². The molecule has 0 unspecified atom stereocenters. The molecule has 11 aromatic rings. The maximum absolute atomic E-state index is 2.49. The van der Waals surface area contributed by atoms with Crippen LogP contribution < -0.4 is 0 Å². The van der Waals surface area contributed by atoms with Gasteiger partial charge in [0.2, 0.25) is 0 Å². The largest absolute Gasteiger partial charge is 0.309 e. The fourth-order valence-corrected chi connectivity index (χ4v) is 9.38. The molecule has 3 heterocycles. The Balaban J connectivity index is 1.27. The molecule has 0 amide bonds. The van der Waals surface area contributed by atoms with Crippen molar-refractivity contribution in [3.05, 3.63) is 170 Å². The number of para-hydroxylation sites is 2. The Labute approximate surface area is 286 Å². The van der Waals surface area contributed by atoms with Crippen molar-refractivity contribution in [3.63, 3.8) is 0 Å². The van der Waals surface area contributed by atoms with Gasteiger partial charge in [0.15, 0.2) is 0 Å². The van der Waals surface area contributed by atoms with Gasteiger partial charge in [0.25, 0.3) is 0 Å². The molecule has 8 aromatic carbocycles. The maximum Gasteiger partial charge on any atom is 0.0556 e. The normalized spacial score (nSPS) is 12.1. The van der Waals surface area contributed by atoms with Crippen LogP contribution in [0.15, 0.2) is 170 Å². The number of benzene rings is 8. The minimum atomic E-state index is 1.17. The molecule has 0 saturated heterocycles. The van der Waals surface area contributed by atoms with E-state index in [1.54, 1.807) is 0 Å². The summed E-state index contributed by atoms with van der Waals surface area (Å²) in [6.45, 7) is 0. The van der Waals surface area contributed by atoms with Crippen LogP contribution in [0.3, 0.4) is 0 Å². The van der Waals surface area contributed by atoms with Crippen molar-refractivity contribution in [2.24, 2.45) is 0 Å². The van der Waals surface area contributed by atoms with E-state index in [0.29, 0.717) is 0 Å².